The van der Waals surface area contributed by atoms with E-state index in [1.165, 1.54) is 57.8 Å². The smallest absolute Gasteiger partial charge is 0.482 e. The molecule has 23 heavy (non-hydrogen) atoms. The lowest BCUT2D eigenvalue weighted by Gasteiger charge is -2.05. The van der Waals surface area contributed by atoms with Crippen LogP contribution in [0.3, 0.4) is 0 Å². The summed E-state index contributed by atoms with van der Waals surface area (Å²) in [5.41, 5.74) is 0.423. The fourth-order valence-electron chi connectivity index (χ4n) is 2.54. The molecule has 0 aromatic heterocycles. The van der Waals surface area contributed by atoms with Crippen molar-refractivity contribution in [1.29, 1.82) is 10.8 Å². The van der Waals surface area contributed by atoms with Crippen LogP contribution in [0.1, 0.15) is 71.1 Å². The van der Waals surface area contributed by atoms with Gasteiger partial charge in [-0.2, -0.15) is 0 Å². The summed E-state index contributed by atoms with van der Waals surface area (Å²) in [7, 11) is 0. The summed E-state index contributed by atoms with van der Waals surface area (Å²) in [5, 5.41) is 17.6. The lowest BCUT2D eigenvalue weighted by Crippen LogP contribution is -1.97. The van der Waals surface area contributed by atoms with E-state index in [-0.39, 0.29) is 11.4 Å². The Morgan fingerprint density at radius 1 is 0.783 bits per heavy atom. The predicted octanol–water partition coefficient (Wildman–Crippen LogP) is 6.96. The fourth-order valence-corrected chi connectivity index (χ4v) is 2.54. The molecule has 0 aliphatic rings. The Bertz CT molecular complexity index is 531. The van der Waals surface area contributed by atoms with Crippen molar-refractivity contribution in [3.05, 3.63) is 28.2 Å². The van der Waals surface area contributed by atoms with E-state index in [9.17, 15) is 0 Å². The molecule has 0 fully saturated rings. The van der Waals surface area contributed by atoms with Crippen molar-refractivity contribution in [2.75, 3.05) is 6.61 Å². The van der Waals surface area contributed by atoms with Crippen LogP contribution in [0.5, 0.6) is 5.75 Å². The van der Waals surface area contributed by atoms with Crippen molar-refractivity contribution in [2.24, 2.45) is 0 Å². The van der Waals surface area contributed by atoms with E-state index in [0.29, 0.717) is 12.4 Å². The van der Waals surface area contributed by atoms with Crippen LogP contribution in [0.4, 0.5) is 11.4 Å². The summed E-state index contributed by atoms with van der Waals surface area (Å²) in [5.74, 6) is 0.626. The zero-order chi connectivity index (χ0) is 16.8. The van der Waals surface area contributed by atoms with Crippen LogP contribution >= 0.6 is 0 Å². The van der Waals surface area contributed by atoms with Gasteiger partial charge >= 0.3 is 11.4 Å². The van der Waals surface area contributed by atoms with Gasteiger partial charge in [-0.1, -0.05) is 64.7 Å². The summed E-state index contributed by atoms with van der Waals surface area (Å²) < 4.78 is 5.63. The molecule has 0 spiro atoms. The van der Waals surface area contributed by atoms with E-state index in [1.807, 2.05) is 0 Å². The average Bonchev–Trinajstić information content (AvgIpc) is 2.59. The van der Waals surface area contributed by atoms with Crippen LogP contribution in [0.15, 0.2) is 18.2 Å². The highest BCUT2D eigenvalue weighted by atomic mass is 16.5. The van der Waals surface area contributed by atoms with Gasteiger partial charge < -0.3 is 4.74 Å². The van der Waals surface area contributed by atoms with Gasteiger partial charge in [0.05, 0.1) is 12.7 Å². The molecule has 0 bridgehead atoms. The summed E-state index contributed by atoms with van der Waals surface area (Å²) in [4.78, 5) is 6.11. The number of rotatable bonds is 12. The minimum atomic E-state index is 0.202. The largest absolute Gasteiger partial charge is 0.493 e. The minimum Gasteiger partial charge on any atom is -0.493 e. The molecule has 5 nitrogen and oxygen atoms in total. The highest BCUT2D eigenvalue weighted by molar-refractivity contribution is 5.71. The molecule has 124 valence electrons. The molecule has 0 aliphatic carbocycles. The number of ether oxygens (including phenoxy) is 1. The summed E-state index contributed by atoms with van der Waals surface area (Å²) in [6, 6.07) is 4.83. The number of benzene rings is 1. The maximum absolute atomic E-state index is 8.83. The molecule has 0 amide bonds. The Kier molecular flexibility index (Phi) is 10.2. The molecule has 0 unspecified atom stereocenters. The van der Waals surface area contributed by atoms with Crippen molar-refractivity contribution < 1.29 is 4.74 Å². The molecule has 1 aromatic carbocycles. The van der Waals surface area contributed by atoms with E-state index in [4.69, 9.17) is 15.5 Å². The molecule has 0 N–H and O–H groups in total. The summed E-state index contributed by atoms with van der Waals surface area (Å²) in [6.45, 7) is 2.90. The van der Waals surface area contributed by atoms with Gasteiger partial charge in [0.1, 0.15) is 5.75 Å². The topological polar surface area (TPSA) is 65.5 Å². The lowest BCUT2D eigenvalue weighted by molar-refractivity contribution is 0.304. The number of hydrogen-bond acceptors (Lipinski definition) is 3. The number of nitrogens with zero attached hydrogens (tertiary/aromatic N) is 4. The molecule has 1 aromatic rings. The molecule has 0 saturated heterocycles. The standard InChI is InChI=1S/C18H28N4O/c1-2-3-4-5-6-7-8-9-10-11-14-23-16-12-13-17(21-19)18(15-16)22-20/h12-13,15H,2-11,14H2,1H3/q+2. The van der Waals surface area contributed by atoms with Crippen LogP contribution in [0.2, 0.25) is 0 Å². The van der Waals surface area contributed by atoms with Crippen molar-refractivity contribution in [3.63, 3.8) is 0 Å². The Labute approximate surface area is 139 Å². The third kappa shape index (κ3) is 8.16. The van der Waals surface area contributed by atoms with Gasteiger partial charge in [-0.25, -0.2) is 0 Å². The average molecular weight is 316 g/mol. The van der Waals surface area contributed by atoms with Gasteiger partial charge in [-0.05, 0) is 12.5 Å². The van der Waals surface area contributed by atoms with E-state index in [1.54, 1.807) is 18.2 Å². The fraction of sp³-hybridized carbons (Fsp3) is 0.667. The highest BCUT2D eigenvalue weighted by Crippen LogP contribution is 2.31. The highest BCUT2D eigenvalue weighted by Gasteiger charge is 2.25. The Balaban J connectivity index is 2.05. The zero-order valence-electron chi connectivity index (χ0n) is 14.2. The number of unbranched alkanes of at least 4 members (excludes halogenated alkanes) is 9. The number of diazo groups is 2. The van der Waals surface area contributed by atoms with Gasteiger partial charge in [0, 0.05) is 6.07 Å². The molecule has 1 rings (SSSR count). The summed E-state index contributed by atoms with van der Waals surface area (Å²) in [6.07, 6.45) is 12.9. The molecule has 0 heterocycles. The quantitative estimate of drug-likeness (QED) is 0.309. The lowest BCUT2D eigenvalue weighted by atomic mass is 10.1. The van der Waals surface area contributed by atoms with E-state index < -0.39 is 0 Å². The second kappa shape index (κ2) is 12.4. The Morgan fingerprint density at radius 3 is 1.91 bits per heavy atom. The van der Waals surface area contributed by atoms with Gasteiger partial charge in [0.2, 0.25) is 10.8 Å². The molecular formula is C18H28N4O+2. The van der Waals surface area contributed by atoms with Crippen molar-refractivity contribution in [1.82, 2.24) is 0 Å². The summed E-state index contributed by atoms with van der Waals surface area (Å²) >= 11 is 0. The zero-order valence-corrected chi connectivity index (χ0v) is 14.2. The SMILES string of the molecule is CCCCCCCCCCCCOc1ccc([N+]#N)c([N+]#N)c1. The first kappa shape index (κ1) is 18.9. The third-order valence-electron chi connectivity index (χ3n) is 3.93. The van der Waals surface area contributed by atoms with Crippen molar-refractivity contribution in [2.45, 2.75) is 71.1 Å². The van der Waals surface area contributed by atoms with Gasteiger partial charge in [0.25, 0.3) is 0 Å². The Morgan fingerprint density at radius 2 is 1.35 bits per heavy atom. The third-order valence-corrected chi connectivity index (χ3v) is 3.93. The second-order valence-electron chi connectivity index (χ2n) is 5.88. The van der Waals surface area contributed by atoms with E-state index >= 15 is 0 Å². The normalized spacial score (nSPS) is 10.0. The minimum absolute atomic E-state index is 0.202. The Hall–Kier alpha value is -2.14. The monoisotopic (exact) mass is 316 g/mol. The molecule has 5 heteroatoms. The van der Waals surface area contributed by atoms with Crippen LogP contribution in [0, 0.1) is 10.8 Å². The molecule has 0 radical (unpaired) electrons. The maximum atomic E-state index is 8.83. The van der Waals surface area contributed by atoms with Crippen LogP contribution in [0.25, 0.3) is 9.95 Å². The van der Waals surface area contributed by atoms with Crippen LogP contribution in [-0.2, 0) is 0 Å². The van der Waals surface area contributed by atoms with Crippen LogP contribution < -0.4 is 4.74 Å². The predicted molar refractivity (Wildman–Crippen MR) is 93.3 cm³/mol. The van der Waals surface area contributed by atoms with Crippen molar-refractivity contribution >= 4 is 11.4 Å². The first-order valence-electron chi connectivity index (χ1n) is 8.79. The van der Waals surface area contributed by atoms with Gasteiger partial charge in [-0.15, -0.1) is 0 Å². The molecular weight excluding hydrogens is 288 g/mol. The molecule has 0 atom stereocenters. The first-order valence-corrected chi connectivity index (χ1v) is 8.79. The first-order chi connectivity index (χ1) is 11.3. The van der Waals surface area contributed by atoms with Gasteiger partial charge in [-0.3, -0.25) is 0 Å². The maximum Gasteiger partial charge on any atom is 0.482 e. The van der Waals surface area contributed by atoms with Crippen molar-refractivity contribution in [3.8, 4) is 5.75 Å². The van der Waals surface area contributed by atoms with E-state index in [2.05, 4.69) is 16.9 Å². The van der Waals surface area contributed by atoms with Gasteiger partial charge in [0.15, 0.2) is 9.95 Å². The molecule has 0 saturated carbocycles. The van der Waals surface area contributed by atoms with E-state index in [0.717, 1.165) is 6.42 Å². The van der Waals surface area contributed by atoms with Crippen LogP contribution in [-0.4, -0.2) is 6.61 Å². The second-order valence-corrected chi connectivity index (χ2v) is 5.88. The molecule has 0 aliphatic heterocycles. The number of hydrogen-bond donors (Lipinski definition) is 0.